The third-order valence-electron chi connectivity index (χ3n) is 4.60. The van der Waals surface area contributed by atoms with Gasteiger partial charge in [-0.3, -0.25) is 4.79 Å². The molecule has 5 heteroatoms. The van der Waals surface area contributed by atoms with Gasteiger partial charge in [0, 0.05) is 10.9 Å². The van der Waals surface area contributed by atoms with Crippen LogP contribution in [0.15, 0.2) is 24.3 Å². The van der Waals surface area contributed by atoms with Crippen molar-refractivity contribution in [2.45, 2.75) is 45.8 Å². The quantitative estimate of drug-likeness (QED) is 0.842. The molecular formula is C19H28ClNO3. The fraction of sp³-hybridized carbons (Fsp3) is 0.632. The van der Waals surface area contributed by atoms with Gasteiger partial charge in [-0.15, -0.1) is 0 Å². The number of nitrogens with two attached hydrogens (primary N) is 1. The lowest BCUT2D eigenvalue weighted by Crippen LogP contribution is -2.38. The van der Waals surface area contributed by atoms with Crippen LogP contribution >= 0.6 is 11.6 Å². The van der Waals surface area contributed by atoms with E-state index in [4.69, 9.17) is 26.8 Å². The molecule has 0 aliphatic carbocycles. The Morgan fingerprint density at radius 1 is 1.25 bits per heavy atom. The van der Waals surface area contributed by atoms with Crippen molar-refractivity contribution in [1.82, 2.24) is 0 Å². The molecule has 1 aromatic carbocycles. The van der Waals surface area contributed by atoms with Crippen LogP contribution in [-0.2, 0) is 20.7 Å². The summed E-state index contributed by atoms with van der Waals surface area (Å²) in [5.74, 6) is 0.637. The largest absolute Gasteiger partial charge is 0.461 e. The van der Waals surface area contributed by atoms with E-state index < -0.39 is 6.04 Å². The monoisotopic (exact) mass is 353 g/mol. The summed E-state index contributed by atoms with van der Waals surface area (Å²) in [5, 5.41) is 0.733. The SMILES string of the molecule is CC(C)C[C@@H]1[C@@H](Cc2ccc(Cl)cc2)COC[C@H](N)C(=O)O[C@H]1C. The van der Waals surface area contributed by atoms with Crippen LogP contribution < -0.4 is 5.73 Å². The van der Waals surface area contributed by atoms with E-state index in [9.17, 15) is 4.79 Å². The minimum absolute atomic E-state index is 0.176. The summed E-state index contributed by atoms with van der Waals surface area (Å²) < 4.78 is 11.4. The van der Waals surface area contributed by atoms with Crippen LogP contribution in [0, 0.1) is 17.8 Å². The van der Waals surface area contributed by atoms with E-state index in [0.29, 0.717) is 12.5 Å². The molecule has 0 unspecified atom stereocenters. The Kier molecular flexibility index (Phi) is 7.08. The number of cyclic esters (lactones) is 1. The van der Waals surface area contributed by atoms with Crippen molar-refractivity contribution in [2.75, 3.05) is 13.2 Å². The van der Waals surface area contributed by atoms with E-state index in [0.717, 1.165) is 17.9 Å². The molecule has 0 saturated carbocycles. The van der Waals surface area contributed by atoms with E-state index in [1.54, 1.807) is 0 Å². The first kappa shape index (κ1) is 19.2. The van der Waals surface area contributed by atoms with Crippen molar-refractivity contribution in [3.8, 4) is 0 Å². The first-order valence-electron chi connectivity index (χ1n) is 8.65. The van der Waals surface area contributed by atoms with Crippen molar-refractivity contribution in [2.24, 2.45) is 23.5 Å². The zero-order chi connectivity index (χ0) is 17.7. The molecule has 1 aromatic rings. The molecular weight excluding hydrogens is 326 g/mol. The topological polar surface area (TPSA) is 61.5 Å². The van der Waals surface area contributed by atoms with Crippen molar-refractivity contribution < 1.29 is 14.3 Å². The number of hydrogen-bond acceptors (Lipinski definition) is 4. The Morgan fingerprint density at radius 3 is 2.54 bits per heavy atom. The van der Waals surface area contributed by atoms with Gasteiger partial charge >= 0.3 is 5.97 Å². The standard InChI is InChI=1S/C19H28ClNO3/c1-12(2)8-17-13(3)24-19(22)18(21)11-23-10-15(17)9-14-4-6-16(20)7-5-14/h4-7,12-13,15,17-18H,8-11,21H2,1-3H3/t13-,15-,17-,18-/m0/s1. The minimum Gasteiger partial charge on any atom is -0.461 e. The van der Waals surface area contributed by atoms with E-state index in [-0.39, 0.29) is 30.5 Å². The molecule has 1 aliphatic rings. The Bertz CT molecular complexity index is 532. The zero-order valence-electron chi connectivity index (χ0n) is 14.7. The number of benzene rings is 1. The average molecular weight is 354 g/mol. The van der Waals surface area contributed by atoms with Gasteiger partial charge in [-0.05, 0) is 49.3 Å². The summed E-state index contributed by atoms with van der Waals surface area (Å²) in [6, 6.07) is 7.20. The Balaban J connectivity index is 2.20. The lowest BCUT2D eigenvalue weighted by Gasteiger charge is -2.32. The number of rotatable bonds is 4. The van der Waals surface area contributed by atoms with Crippen molar-refractivity contribution >= 4 is 17.6 Å². The number of carbonyl (C=O) groups is 1. The van der Waals surface area contributed by atoms with Gasteiger partial charge in [0.2, 0.25) is 0 Å². The fourth-order valence-corrected chi connectivity index (χ4v) is 3.47. The highest BCUT2D eigenvalue weighted by molar-refractivity contribution is 6.30. The molecule has 1 fully saturated rings. The molecule has 1 saturated heterocycles. The van der Waals surface area contributed by atoms with E-state index >= 15 is 0 Å². The highest BCUT2D eigenvalue weighted by atomic mass is 35.5. The van der Waals surface area contributed by atoms with Crippen LogP contribution in [0.4, 0.5) is 0 Å². The van der Waals surface area contributed by atoms with Crippen LogP contribution in [0.5, 0.6) is 0 Å². The lowest BCUT2D eigenvalue weighted by molar-refractivity contribution is -0.153. The second-order valence-corrected chi connectivity index (χ2v) is 7.61. The number of carbonyl (C=O) groups excluding carboxylic acids is 1. The van der Waals surface area contributed by atoms with Gasteiger partial charge in [0.1, 0.15) is 12.1 Å². The summed E-state index contributed by atoms with van der Waals surface area (Å²) in [4.78, 5) is 12.0. The van der Waals surface area contributed by atoms with Crippen LogP contribution in [0.2, 0.25) is 5.02 Å². The van der Waals surface area contributed by atoms with E-state index in [1.807, 2.05) is 31.2 Å². The van der Waals surface area contributed by atoms with Crippen molar-refractivity contribution in [3.63, 3.8) is 0 Å². The maximum Gasteiger partial charge on any atom is 0.325 e. The van der Waals surface area contributed by atoms with Crippen LogP contribution in [0.3, 0.4) is 0 Å². The number of hydrogen-bond donors (Lipinski definition) is 1. The van der Waals surface area contributed by atoms with Gasteiger partial charge in [-0.25, -0.2) is 0 Å². The van der Waals surface area contributed by atoms with Gasteiger partial charge < -0.3 is 15.2 Å². The molecule has 4 atom stereocenters. The highest BCUT2D eigenvalue weighted by Gasteiger charge is 2.33. The number of halogens is 1. The Hall–Kier alpha value is -1.10. The van der Waals surface area contributed by atoms with E-state index in [2.05, 4.69) is 13.8 Å². The molecule has 134 valence electrons. The predicted octanol–water partition coefficient (Wildman–Crippen LogP) is 3.45. The van der Waals surface area contributed by atoms with Crippen molar-refractivity contribution in [1.29, 1.82) is 0 Å². The molecule has 2 N–H and O–H groups in total. The molecule has 4 nitrogen and oxygen atoms in total. The van der Waals surface area contributed by atoms with E-state index in [1.165, 1.54) is 5.56 Å². The smallest absolute Gasteiger partial charge is 0.325 e. The molecule has 0 radical (unpaired) electrons. The average Bonchev–Trinajstić information content (AvgIpc) is 2.56. The zero-order valence-corrected chi connectivity index (χ0v) is 15.5. The number of ether oxygens (including phenoxy) is 2. The first-order chi connectivity index (χ1) is 11.4. The van der Waals surface area contributed by atoms with Gasteiger partial charge in [0.25, 0.3) is 0 Å². The maximum absolute atomic E-state index is 12.0. The molecule has 0 amide bonds. The maximum atomic E-state index is 12.0. The van der Waals surface area contributed by atoms with Crippen LogP contribution in [0.1, 0.15) is 32.8 Å². The predicted molar refractivity (Wildman–Crippen MR) is 95.9 cm³/mol. The lowest BCUT2D eigenvalue weighted by atomic mass is 9.79. The summed E-state index contributed by atoms with van der Waals surface area (Å²) in [6.07, 6.45) is 1.67. The summed E-state index contributed by atoms with van der Waals surface area (Å²) in [6.45, 7) is 7.13. The van der Waals surface area contributed by atoms with Crippen LogP contribution in [0.25, 0.3) is 0 Å². The molecule has 1 heterocycles. The second-order valence-electron chi connectivity index (χ2n) is 7.17. The summed E-state index contributed by atoms with van der Waals surface area (Å²) in [5.41, 5.74) is 7.04. The first-order valence-corrected chi connectivity index (χ1v) is 9.03. The Morgan fingerprint density at radius 2 is 1.92 bits per heavy atom. The molecule has 0 spiro atoms. The Labute approximate surface area is 149 Å². The molecule has 2 rings (SSSR count). The second kappa shape index (κ2) is 8.84. The molecule has 0 bridgehead atoms. The normalized spacial score (nSPS) is 28.8. The van der Waals surface area contributed by atoms with Gasteiger partial charge in [-0.1, -0.05) is 37.6 Å². The minimum atomic E-state index is -0.707. The number of esters is 1. The van der Waals surface area contributed by atoms with Gasteiger partial charge in [0.15, 0.2) is 0 Å². The highest BCUT2D eigenvalue weighted by Crippen LogP contribution is 2.30. The van der Waals surface area contributed by atoms with Gasteiger partial charge in [-0.2, -0.15) is 0 Å². The summed E-state index contributed by atoms with van der Waals surface area (Å²) >= 11 is 5.98. The van der Waals surface area contributed by atoms with Crippen molar-refractivity contribution in [3.05, 3.63) is 34.9 Å². The molecule has 0 aromatic heterocycles. The third-order valence-corrected chi connectivity index (χ3v) is 4.85. The summed E-state index contributed by atoms with van der Waals surface area (Å²) in [7, 11) is 0. The molecule has 24 heavy (non-hydrogen) atoms. The van der Waals surface area contributed by atoms with Gasteiger partial charge in [0.05, 0.1) is 13.2 Å². The fourth-order valence-electron chi connectivity index (χ4n) is 3.34. The van der Waals surface area contributed by atoms with Crippen LogP contribution in [-0.4, -0.2) is 31.3 Å². The molecule has 1 aliphatic heterocycles. The third kappa shape index (κ3) is 5.47.